The first-order valence-electron chi connectivity index (χ1n) is 5.83. The molecule has 19 heavy (non-hydrogen) atoms. The van der Waals surface area contributed by atoms with Crippen molar-refractivity contribution in [3.05, 3.63) is 33.9 Å². The van der Waals surface area contributed by atoms with Gasteiger partial charge in [-0.15, -0.1) is 0 Å². The van der Waals surface area contributed by atoms with Crippen LogP contribution < -0.4 is 10.6 Å². The molecule has 1 unspecified atom stereocenters. The van der Waals surface area contributed by atoms with Crippen molar-refractivity contribution in [3.8, 4) is 0 Å². The minimum atomic E-state index is -0.564. The molecular formula is C12H13N3O4. The van der Waals surface area contributed by atoms with Gasteiger partial charge in [-0.2, -0.15) is 0 Å². The van der Waals surface area contributed by atoms with Gasteiger partial charge in [0.15, 0.2) is 0 Å². The summed E-state index contributed by atoms with van der Waals surface area (Å²) in [5.74, 6) is -0.509. The molecule has 1 heterocycles. The number of carbonyl (C=O) groups is 2. The van der Waals surface area contributed by atoms with Crippen LogP contribution in [-0.4, -0.2) is 22.8 Å². The number of nitro benzene ring substituents is 1. The van der Waals surface area contributed by atoms with Crippen molar-refractivity contribution in [2.45, 2.75) is 25.8 Å². The summed E-state index contributed by atoms with van der Waals surface area (Å²) >= 11 is 0. The highest BCUT2D eigenvalue weighted by Gasteiger charge is 2.27. The lowest BCUT2D eigenvalue weighted by Crippen LogP contribution is -2.37. The first kappa shape index (κ1) is 13.0. The second-order valence-electron chi connectivity index (χ2n) is 4.35. The summed E-state index contributed by atoms with van der Waals surface area (Å²) in [5.41, 5.74) is 0.735. The van der Waals surface area contributed by atoms with E-state index in [9.17, 15) is 19.7 Å². The number of amides is 2. The van der Waals surface area contributed by atoms with Crippen LogP contribution in [0.3, 0.4) is 0 Å². The van der Waals surface area contributed by atoms with Crippen LogP contribution in [0.5, 0.6) is 0 Å². The topological polar surface area (TPSA) is 101 Å². The fourth-order valence-corrected chi connectivity index (χ4v) is 1.99. The number of rotatable bonds is 3. The van der Waals surface area contributed by atoms with Crippen LogP contribution in [-0.2, 0) is 9.59 Å². The summed E-state index contributed by atoms with van der Waals surface area (Å²) < 4.78 is 0. The Kier molecular flexibility index (Phi) is 3.46. The Bertz CT molecular complexity index is 556. The second kappa shape index (κ2) is 5.05. The van der Waals surface area contributed by atoms with Crippen molar-refractivity contribution in [1.82, 2.24) is 5.32 Å². The Morgan fingerprint density at radius 3 is 2.84 bits per heavy atom. The average Bonchev–Trinajstić information content (AvgIpc) is 2.78. The largest absolute Gasteiger partial charge is 0.344 e. The molecule has 7 nitrogen and oxygen atoms in total. The average molecular weight is 263 g/mol. The van der Waals surface area contributed by atoms with E-state index in [2.05, 4.69) is 10.6 Å². The highest BCUT2D eigenvalue weighted by atomic mass is 16.6. The van der Waals surface area contributed by atoms with Gasteiger partial charge in [0.2, 0.25) is 11.8 Å². The van der Waals surface area contributed by atoms with E-state index in [0.717, 1.165) is 0 Å². The van der Waals surface area contributed by atoms with Crippen LogP contribution in [0.2, 0.25) is 0 Å². The van der Waals surface area contributed by atoms with E-state index in [1.807, 2.05) is 0 Å². The van der Waals surface area contributed by atoms with Gasteiger partial charge in [-0.25, -0.2) is 0 Å². The van der Waals surface area contributed by atoms with Crippen molar-refractivity contribution in [1.29, 1.82) is 0 Å². The lowest BCUT2D eigenvalue weighted by molar-refractivity contribution is -0.385. The fourth-order valence-electron chi connectivity index (χ4n) is 1.99. The maximum absolute atomic E-state index is 11.9. The van der Waals surface area contributed by atoms with E-state index in [4.69, 9.17) is 0 Å². The van der Waals surface area contributed by atoms with Crippen molar-refractivity contribution in [2.24, 2.45) is 0 Å². The van der Waals surface area contributed by atoms with Gasteiger partial charge in [-0.3, -0.25) is 19.7 Å². The molecule has 0 spiro atoms. The summed E-state index contributed by atoms with van der Waals surface area (Å²) in [6.45, 7) is 1.57. The number of nitrogens with one attached hydrogen (secondary N) is 2. The zero-order valence-corrected chi connectivity index (χ0v) is 10.3. The summed E-state index contributed by atoms with van der Waals surface area (Å²) in [4.78, 5) is 33.2. The Morgan fingerprint density at radius 2 is 2.26 bits per heavy atom. The zero-order chi connectivity index (χ0) is 14.0. The molecule has 1 aliphatic heterocycles. The molecule has 1 fully saturated rings. The lowest BCUT2D eigenvalue weighted by Gasteiger charge is -2.12. The number of nitrogens with zero attached hydrogens (tertiary/aromatic N) is 1. The molecule has 0 aromatic heterocycles. The standard InChI is InChI=1S/C12H13N3O4/c1-7-8(3-2-4-10(7)15(18)19)14-12(17)9-5-6-11(16)13-9/h2-4,9H,5-6H2,1H3,(H,13,16)(H,14,17). The van der Waals surface area contributed by atoms with Crippen LogP contribution in [0.1, 0.15) is 18.4 Å². The number of anilines is 1. The maximum atomic E-state index is 11.9. The van der Waals surface area contributed by atoms with Crippen LogP contribution in [0, 0.1) is 17.0 Å². The van der Waals surface area contributed by atoms with E-state index in [1.54, 1.807) is 13.0 Å². The predicted octanol–water partition coefficient (Wildman–Crippen LogP) is 1.12. The normalized spacial score (nSPS) is 17.9. The molecule has 0 saturated carbocycles. The molecule has 0 radical (unpaired) electrons. The van der Waals surface area contributed by atoms with Crippen molar-refractivity contribution >= 4 is 23.2 Å². The predicted molar refractivity (Wildman–Crippen MR) is 67.6 cm³/mol. The summed E-state index contributed by atoms with van der Waals surface area (Å²) in [5, 5.41) is 16.0. The van der Waals surface area contributed by atoms with Crippen LogP contribution in [0.25, 0.3) is 0 Å². The fraction of sp³-hybridized carbons (Fsp3) is 0.333. The van der Waals surface area contributed by atoms with E-state index in [0.29, 0.717) is 24.1 Å². The van der Waals surface area contributed by atoms with Crippen LogP contribution in [0.15, 0.2) is 18.2 Å². The van der Waals surface area contributed by atoms with E-state index in [1.165, 1.54) is 12.1 Å². The summed E-state index contributed by atoms with van der Waals surface area (Å²) in [6, 6.07) is 3.92. The third-order valence-electron chi connectivity index (χ3n) is 3.07. The molecule has 2 N–H and O–H groups in total. The van der Waals surface area contributed by atoms with Crippen molar-refractivity contribution in [3.63, 3.8) is 0 Å². The third-order valence-corrected chi connectivity index (χ3v) is 3.07. The highest BCUT2D eigenvalue weighted by molar-refractivity contribution is 5.99. The van der Waals surface area contributed by atoms with E-state index >= 15 is 0 Å². The van der Waals surface area contributed by atoms with Crippen molar-refractivity contribution < 1.29 is 14.5 Å². The number of benzene rings is 1. The van der Waals surface area contributed by atoms with Gasteiger partial charge in [0.05, 0.1) is 16.2 Å². The maximum Gasteiger partial charge on any atom is 0.274 e. The first-order valence-corrected chi connectivity index (χ1v) is 5.83. The molecule has 1 aliphatic rings. The van der Waals surface area contributed by atoms with Gasteiger partial charge >= 0.3 is 0 Å². The number of nitro groups is 1. The smallest absolute Gasteiger partial charge is 0.274 e. The molecule has 1 aromatic rings. The minimum absolute atomic E-state index is 0.0479. The van der Waals surface area contributed by atoms with Gasteiger partial charge in [-0.05, 0) is 19.4 Å². The summed E-state index contributed by atoms with van der Waals surface area (Å²) in [7, 11) is 0. The molecule has 1 aromatic carbocycles. The van der Waals surface area contributed by atoms with Crippen LogP contribution >= 0.6 is 0 Å². The molecule has 2 amide bonds. The highest BCUT2D eigenvalue weighted by Crippen LogP contribution is 2.25. The molecule has 0 bridgehead atoms. The molecule has 0 aliphatic carbocycles. The number of hydrogen-bond donors (Lipinski definition) is 2. The van der Waals surface area contributed by atoms with Crippen LogP contribution in [0.4, 0.5) is 11.4 Å². The quantitative estimate of drug-likeness (QED) is 0.630. The monoisotopic (exact) mass is 263 g/mol. The Labute approximate surface area is 109 Å². The molecule has 100 valence electrons. The zero-order valence-electron chi connectivity index (χ0n) is 10.3. The van der Waals surface area contributed by atoms with Gasteiger partial charge in [0.1, 0.15) is 6.04 Å². The van der Waals surface area contributed by atoms with E-state index < -0.39 is 11.0 Å². The van der Waals surface area contributed by atoms with Gasteiger partial charge in [0, 0.05) is 12.5 Å². The van der Waals surface area contributed by atoms with Gasteiger partial charge in [0.25, 0.3) is 5.69 Å². The van der Waals surface area contributed by atoms with Gasteiger partial charge < -0.3 is 10.6 Å². The third kappa shape index (κ3) is 2.70. The molecule has 1 saturated heterocycles. The number of carbonyl (C=O) groups excluding carboxylic acids is 2. The first-order chi connectivity index (χ1) is 8.99. The Morgan fingerprint density at radius 1 is 1.53 bits per heavy atom. The van der Waals surface area contributed by atoms with Gasteiger partial charge in [-0.1, -0.05) is 6.07 Å². The summed E-state index contributed by atoms with van der Waals surface area (Å²) in [6.07, 6.45) is 0.768. The molecular weight excluding hydrogens is 250 g/mol. The Hall–Kier alpha value is -2.44. The lowest BCUT2D eigenvalue weighted by atomic mass is 10.1. The molecule has 7 heteroatoms. The Balaban J connectivity index is 2.15. The molecule has 1 atom stereocenters. The number of hydrogen-bond acceptors (Lipinski definition) is 4. The minimum Gasteiger partial charge on any atom is -0.344 e. The molecule has 2 rings (SSSR count). The second-order valence-corrected chi connectivity index (χ2v) is 4.35. The van der Waals surface area contributed by atoms with E-state index in [-0.39, 0.29) is 17.5 Å². The van der Waals surface area contributed by atoms with Crippen molar-refractivity contribution in [2.75, 3.05) is 5.32 Å². The SMILES string of the molecule is Cc1c(NC(=O)C2CCC(=O)N2)cccc1[N+](=O)[O-].